The molecule has 2 aromatic carbocycles. The average Bonchev–Trinajstić information content (AvgIpc) is 2.48. The Balaban J connectivity index is 2.10. The average molecular weight is 310 g/mol. The summed E-state index contributed by atoms with van der Waals surface area (Å²) < 4.78 is 27.1. The van der Waals surface area contributed by atoms with E-state index in [0.717, 1.165) is 5.56 Å². The van der Waals surface area contributed by atoms with E-state index in [1.165, 1.54) is 0 Å². The van der Waals surface area contributed by atoms with Crippen molar-refractivity contribution in [2.24, 2.45) is 0 Å². The molecule has 3 nitrogen and oxygen atoms in total. The quantitative estimate of drug-likeness (QED) is 0.834. The molecule has 1 atom stereocenters. The first-order valence-corrected chi connectivity index (χ1v) is 8.31. The molecule has 1 N–H and O–H groups in total. The van der Waals surface area contributed by atoms with E-state index in [2.05, 4.69) is 4.72 Å². The van der Waals surface area contributed by atoms with Gasteiger partial charge in [0.05, 0.1) is 4.90 Å². The largest absolute Gasteiger partial charge is 0.240 e. The highest BCUT2D eigenvalue weighted by Crippen LogP contribution is 2.11. The van der Waals surface area contributed by atoms with Crippen LogP contribution in [0, 0.1) is 0 Å². The zero-order valence-electron chi connectivity index (χ0n) is 10.9. The fourth-order valence-electron chi connectivity index (χ4n) is 1.91. The third-order valence-corrected chi connectivity index (χ3v) is 4.80. The van der Waals surface area contributed by atoms with Crippen molar-refractivity contribution in [3.63, 3.8) is 0 Å². The molecule has 0 saturated carbocycles. The van der Waals surface area contributed by atoms with Gasteiger partial charge >= 0.3 is 0 Å². The van der Waals surface area contributed by atoms with E-state index >= 15 is 0 Å². The summed E-state index contributed by atoms with van der Waals surface area (Å²) in [4.78, 5) is 0.253. The highest BCUT2D eigenvalue weighted by atomic mass is 35.5. The molecule has 2 rings (SSSR count). The van der Waals surface area contributed by atoms with Crippen LogP contribution in [0.25, 0.3) is 0 Å². The summed E-state index contributed by atoms with van der Waals surface area (Å²) in [6.45, 7) is 0. The molecule has 0 aromatic heterocycles. The Bertz CT molecular complexity index is 629. The molecule has 0 amide bonds. The fourth-order valence-corrected chi connectivity index (χ4v) is 3.45. The van der Waals surface area contributed by atoms with Crippen molar-refractivity contribution in [3.05, 3.63) is 66.2 Å². The van der Waals surface area contributed by atoms with Crippen molar-refractivity contribution in [2.75, 3.05) is 5.88 Å². The SMILES string of the molecule is O=S(=O)(NC(CCl)Cc1ccccc1)c1ccccc1. The van der Waals surface area contributed by atoms with Crippen molar-refractivity contribution in [1.29, 1.82) is 0 Å². The Morgan fingerprint density at radius 1 is 0.950 bits per heavy atom. The Morgan fingerprint density at radius 3 is 2.05 bits per heavy atom. The van der Waals surface area contributed by atoms with Gasteiger partial charge in [0.15, 0.2) is 0 Å². The van der Waals surface area contributed by atoms with Crippen LogP contribution >= 0.6 is 11.6 Å². The van der Waals surface area contributed by atoms with Crippen molar-refractivity contribution >= 4 is 21.6 Å². The molecular formula is C15H16ClNO2S. The molecule has 0 aliphatic carbocycles. The fraction of sp³-hybridized carbons (Fsp3) is 0.200. The van der Waals surface area contributed by atoms with Gasteiger partial charge in [-0.25, -0.2) is 13.1 Å². The lowest BCUT2D eigenvalue weighted by Crippen LogP contribution is -2.37. The van der Waals surface area contributed by atoms with Crippen molar-refractivity contribution in [2.45, 2.75) is 17.4 Å². The molecule has 1 unspecified atom stereocenters. The van der Waals surface area contributed by atoms with Gasteiger partial charge < -0.3 is 0 Å². The maximum absolute atomic E-state index is 12.2. The first kappa shape index (κ1) is 15.0. The number of halogens is 1. The maximum atomic E-state index is 12.2. The zero-order chi connectivity index (χ0) is 14.4. The van der Waals surface area contributed by atoms with Crippen LogP contribution in [0.15, 0.2) is 65.6 Å². The van der Waals surface area contributed by atoms with Gasteiger partial charge in [0.25, 0.3) is 0 Å². The van der Waals surface area contributed by atoms with Gasteiger partial charge in [-0.05, 0) is 24.1 Å². The summed E-state index contributed by atoms with van der Waals surface area (Å²) in [5.74, 6) is 0.223. The summed E-state index contributed by atoms with van der Waals surface area (Å²) >= 11 is 5.88. The minimum absolute atomic E-state index is 0.223. The molecule has 2 aromatic rings. The van der Waals surface area contributed by atoms with Crippen molar-refractivity contribution < 1.29 is 8.42 Å². The highest BCUT2D eigenvalue weighted by Gasteiger charge is 2.19. The second-order valence-corrected chi connectivity index (χ2v) is 6.50. The summed E-state index contributed by atoms with van der Waals surface area (Å²) in [5.41, 5.74) is 1.05. The van der Waals surface area contributed by atoms with Gasteiger partial charge in [-0.1, -0.05) is 48.5 Å². The molecule has 106 valence electrons. The van der Waals surface area contributed by atoms with Gasteiger partial charge in [0.2, 0.25) is 10.0 Å². The second-order valence-electron chi connectivity index (χ2n) is 4.48. The first-order valence-electron chi connectivity index (χ1n) is 6.29. The zero-order valence-corrected chi connectivity index (χ0v) is 12.4. The Morgan fingerprint density at radius 2 is 1.50 bits per heavy atom. The predicted molar refractivity (Wildman–Crippen MR) is 81.4 cm³/mol. The molecule has 0 aliphatic rings. The number of rotatable bonds is 6. The molecule has 0 bridgehead atoms. The number of hydrogen-bond acceptors (Lipinski definition) is 2. The van der Waals surface area contributed by atoms with Crippen LogP contribution in [-0.2, 0) is 16.4 Å². The third kappa shape index (κ3) is 4.07. The first-order chi connectivity index (χ1) is 9.62. The number of benzene rings is 2. The monoisotopic (exact) mass is 309 g/mol. The topological polar surface area (TPSA) is 46.2 Å². The summed E-state index contributed by atoms with van der Waals surface area (Å²) in [5, 5.41) is 0. The number of nitrogens with one attached hydrogen (secondary N) is 1. The van der Waals surface area contributed by atoms with Crippen LogP contribution in [0.2, 0.25) is 0 Å². The minimum atomic E-state index is -3.53. The Hall–Kier alpha value is -1.36. The van der Waals surface area contributed by atoms with E-state index in [1.54, 1.807) is 30.3 Å². The molecule has 0 radical (unpaired) electrons. The number of hydrogen-bond donors (Lipinski definition) is 1. The molecule has 5 heteroatoms. The van der Waals surface area contributed by atoms with Crippen LogP contribution in [0.3, 0.4) is 0 Å². The van der Waals surface area contributed by atoms with E-state index in [4.69, 9.17) is 11.6 Å². The summed E-state index contributed by atoms with van der Waals surface area (Å²) in [6, 6.07) is 17.7. The summed E-state index contributed by atoms with van der Waals surface area (Å²) in [7, 11) is -3.53. The smallest absolute Gasteiger partial charge is 0.207 e. The highest BCUT2D eigenvalue weighted by molar-refractivity contribution is 7.89. The van der Waals surface area contributed by atoms with Crippen LogP contribution < -0.4 is 4.72 Å². The molecular weight excluding hydrogens is 294 g/mol. The standard InChI is InChI=1S/C15H16ClNO2S/c16-12-14(11-13-7-3-1-4-8-13)17-20(18,19)15-9-5-2-6-10-15/h1-10,14,17H,11-12H2. The van der Waals surface area contributed by atoms with Gasteiger partial charge in [0.1, 0.15) is 0 Å². The molecule has 0 spiro atoms. The lowest BCUT2D eigenvalue weighted by atomic mass is 10.1. The normalized spacial score (nSPS) is 13.1. The molecule has 0 aliphatic heterocycles. The van der Waals surface area contributed by atoms with Crippen LogP contribution in [-0.4, -0.2) is 20.3 Å². The van der Waals surface area contributed by atoms with Gasteiger partial charge in [-0.2, -0.15) is 0 Å². The number of sulfonamides is 1. The van der Waals surface area contributed by atoms with Crippen LogP contribution in [0.5, 0.6) is 0 Å². The van der Waals surface area contributed by atoms with E-state index in [1.807, 2.05) is 30.3 Å². The van der Waals surface area contributed by atoms with Crippen LogP contribution in [0.1, 0.15) is 5.56 Å². The maximum Gasteiger partial charge on any atom is 0.240 e. The van der Waals surface area contributed by atoms with E-state index < -0.39 is 10.0 Å². The molecule has 0 fully saturated rings. The molecule has 0 heterocycles. The van der Waals surface area contributed by atoms with Gasteiger partial charge in [-0.3, -0.25) is 0 Å². The Labute approximate surface area is 124 Å². The van der Waals surface area contributed by atoms with E-state index in [0.29, 0.717) is 6.42 Å². The lowest BCUT2D eigenvalue weighted by Gasteiger charge is -2.16. The van der Waals surface area contributed by atoms with Crippen LogP contribution in [0.4, 0.5) is 0 Å². The second kappa shape index (κ2) is 6.88. The lowest BCUT2D eigenvalue weighted by molar-refractivity contribution is 0.561. The van der Waals surface area contributed by atoms with Crippen molar-refractivity contribution in [3.8, 4) is 0 Å². The van der Waals surface area contributed by atoms with E-state index in [-0.39, 0.29) is 16.8 Å². The minimum Gasteiger partial charge on any atom is -0.207 e. The molecule has 20 heavy (non-hydrogen) atoms. The predicted octanol–water partition coefficient (Wildman–Crippen LogP) is 2.82. The molecule has 0 saturated heterocycles. The van der Waals surface area contributed by atoms with E-state index in [9.17, 15) is 8.42 Å². The summed E-state index contributed by atoms with van der Waals surface area (Å²) in [6.07, 6.45) is 0.566. The van der Waals surface area contributed by atoms with Gasteiger partial charge in [0, 0.05) is 11.9 Å². The third-order valence-electron chi connectivity index (χ3n) is 2.89. The van der Waals surface area contributed by atoms with Gasteiger partial charge in [-0.15, -0.1) is 11.6 Å². The van der Waals surface area contributed by atoms with Crippen molar-refractivity contribution in [1.82, 2.24) is 4.72 Å². The number of alkyl halides is 1. The Kier molecular flexibility index (Phi) is 5.17.